The Morgan fingerprint density at radius 1 is 1.24 bits per heavy atom. The van der Waals surface area contributed by atoms with Gasteiger partial charge in [0.05, 0.1) is 24.3 Å². The normalized spacial score (nSPS) is 22.2. The molecule has 0 unspecified atom stereocenters. The fraction of sp³-hybridized carbons (Fsp3) is 0.643. The molecule has 0 amide bonds. The highest BCUT2D eigenvalue weighted by Crippen LogP contribution is 2.26. The highest BCUT2D eigenvalue weighted by atomic mass is 16.5. The monoisotopic (exact) mass is 296 g/mol. The fourth-order valence-electron chi connectivity index (χ4n) is 2.60. The zero-order valence-corrected chi connectivity index (χ0v) is 12.2. The molecule has 0 aromatic carbocycles. The Hall–Kier alpha value is -1.89. The van der Waals surface area contributed by atoms with E-state index in [-0.39, 0.29) is 29.9 Å². The average Bonchev–Trinajstić information content (AvgIpc) is 2.48. The summed E-state index contributed by atoms with van der Waals surface area (Å²) in [6, 6.07) is 1.39. The maximum Gasteiger partial charge on any atom is 0.330 e. The van der Waals surface area contributed by atoms with Crippen molar-refractivity contribution in [1.29, 1.82) is 0 Å². The maximum absolute atomic E-state index is 11.8. The Morgan fingerprint density at radius 2 is 1.86 bits per heavy atom. The van der Waals surface area contributed by atoms with Crippen LogP contribution in [0, 0.1) is 5.92 Å². The lowest BCUT2D eigenvalue weighted by Gasteiger charge is -2.26. The van der Waals surface area contributed by atoms with Gasteiger partial charge in [-0.3, -0.25) is 18.7 Å². The van der Waals surface area contributed by atoms with Crippen LogP contribution in [0.5, 0.6) is 0 Å². The van der Waals surface area contributed by atoms with Crippen molar-refractivity contribution in [2.45, 2.75) is 38.4 Å². The highest BCUT2D eigenvalue weighted by Gasteiger charge is 2.26. The zero-order valence-electron chi connectivity index (χ0n) is 12.2. The SMILES string of the molecule is Cn1c(COC2CCC(C(=O)O)CC2)cc(=O)n(C)c1=O. The maximum atomic E-state index is 11.8. The Labute approximate surface area is 121 Å². The number of hydrogen-bond acceptors (Lipinski definition) is 4. The summed E-state index contributed by atoms with van der Waals surface area (Å²) in [6.45, 7) is 0.185. The molecule has 0 bridgehead atoms. The van der Waals surface area contributed by atoms with Gasteiger partial charge < -0.3 is 9.84 Å². The van der Waals surface area contributed by atoms with Crippen LogP contribution in [-0.2, 0) is 30.2 Å². The lowest BCUT2D eigenvalue weighted by Crippen LogP contribution is -2.38. The number of carboxylic acid groups (broad SMARTS) is 1. The Balaban J connectivity index is 1.97. The van der Waals surface area contributed by atoms with Gasteiger partial charge >= 0.3 is 11.7 Å². The number of rotatable bonds is 4. The van der Waals surface area contributed by atoms with Crippen molar-refractivity contribution in [3.63, 3.8) is 0 Å². The summed E-state index contributed by atoms with van der Waals surface area (Å²) < 4.78 is 8.16. The summed E-state index contributed by atoms with van der Waals surface area (Å²) in [6.07, 6.45) is 2.58. The molecule has 1 aliphatic rings. The lowest BCUT2D eigenvalue weighted by atomic mass is 9.87. The summed E-state index contributed by atoms with van der Waals surface area (Å²) in [4.78, 5) is 34.3. The first kappa shape index (κ1) is 15.5. The van der Waals surface area contributed by atoms with Gasteiger partial charge in [-0.25, -0.2) is 4.79 Å². The largest absolute Gasteiger partial charge is 0.481 e. The first-order valence-electron chi connectivity index (χ1n) is 7.00. The molecular formula is C14H20N2O5. The Bertz CT molecular complexity index is 638. The molecule has 1 fully saturated rings. The minimum atomic E-state index is -0.748. The van der Waals surface area contributed by atoms with Crippen LogP contribution < -0.4 is 11.2 Å². The summed E-state index contributed by atoms with van der Waals surface area (Å²) in [5.74, 6) is -1.03. The van der Waals surface area contributed by atoms with E-state index in [1.807, 2.05) is 0 Å². The van der Waals surface area contributed by atoms with Crippen molar-refractivity contribution < 1.29 is 14.6 Å². The summed E-state index contributed by atoms with van der Waals surface area (Å²) in [5.41, 5.74) is -0.203. The molecule has 1 heterocycles. The number of aliphatic carboxylic acids is 1. The van der Waals surface area contributed by atoms with Crippen LogP contribution in [0.1, 0.15) is 31.4 Å². The van der Waals surface area contributed by atoms with Gasteiger partial charge in [0, 0.05) is 20.2 Å². The quantitative estimate of drug-likeness (QED) is 0.859. The number of carbonyl (C=O) groups is 1. The minimum absolute atomic E-state index is 0.0141. The van der Waals surface area contributed by atoms with Gasteiger partial charge in [0.15, 0.2) is 0 Å². The molecule has 116 valence electrons. The van der Waals surface area contributed by atoms with Gasteiger partial charge in [0.25, 0.3) is 5.56 Å². The van der Waals surface area contributed by atoms with Crippen molar-refractivity contribution in [3.05, 3.63) is 32.6 Å². The van der Waals surface area contributed by atoms with Gasteiger partial charge in [-0.1, -0.05) is 0 Å². The van der Waals surface area contributed by atoms with Gasteiger partial charge in [0.2, 0.25) is 0 Å². The third-order valence-corrected chi connectivity index (χ3v) is 4.12. The van der Waals surface area contributed by atoms with Crippen molar-refractivity contribution in [3.8, 4) is 0 Å². The molecule has 0 aliphatic heterocycles. The molecule has 1 aromatic rings. The van der Waals surface area contributed by atoms with Crippen LogP contribution in [0.2, 0.25) is 0 Å². The summed E-state index contributed by atoms with van der Waals surface area (Å²) in [5, 5.41) is 8.94. The van der Waals surface area contributed by atoms with E-state index in [4.69, 9.17) is 9.84 Å². The molecule has 21 heavy (non-hydrogen) atoms. The highest BCUT2D eigenvalue weighted by molar-refractivity contribution is 5.70. The van der Waals surface area contributed by atoms with E-state index >= 15 is 0 Å². The molecule has 2 rings (SSSR count). The Kier molecular flexibility index (Phi) is 4.62. The van der Waals surface area contributed by atoms with Crippen molar-refractivity contribution in [1.82, 2.24) is 9.13 Å². The fourth-order valence-corrected chi connectivity index (χ4v) is 2.60. The molecule has 0 radical (unpaired) electrons. The van der Waals surface area contributed by atoms with Crippen molar-refractivity contribution in [2.75, 3.05) is 0 Å². The van der Waals surface area contributed by atoms with Crippen molar-refractivity contribution in [2.24, 2.45) is 20.0 Å². The van der Waals surface area contributed by atoms with E-state index in [0.717, 1.165) is 4.57 Å². The first-order chi connectivity index (χ1) is 9.90. The number of nitrogens with zero attached hydrogens (tertiary/aromatic N) is 2. The second kappa shape index (κ2) is 6.26. The van der Waals surface area contributed by atoms with Crippen LogP contribution in [-0.4, -0.2) is 26.3 Å². The average molecular weight is 296 g/mol. The van der Waals surface area contributed by atoms with Crippen LogP contribution in [0.25, 0.3) is 0 Å². The lowest BCUT2D eigenvalue weighted by molar-refractivity contribution is -0.143. The van der Waals surface area contributed by atoms with E-state index in [0.29, 0.717) is 31.4 Å². The molecular weight excluding hydrogens is 276 g/mol. The number of aromatic nitrogens is 2. The van der Waals surface area contributed by atoms with Crippen LogP contribution in [0.4, 0.5) is 0 Å². The second-order valence-electron chi connectivity index (χ2n) is 5.50. The molecule has 0 saturated heterocycles. The van der Waals surface area contributed by atoms with E-state index in [2.05, 4.69) is 0 Å². The van der Waals surface area contributed by atoms with E-state index < -0.39 is 5.97 Å². The number of hydrogen-bond donors (Lipinski definition) is 1. The second-order valence-corrected chi connectivity index (χ2v) is 5.50. The topological polar surface area (TPSA) is 90.5 Å². The van der Waals surface area contributed by atoms with Crippen LogP contribution in [0.3, 0.4) is 0 Å². The number of ether oxygens (including phenoxy) is 1. The minimum Gasteiger partial charge on any atom is -0.481 e. The van der Waals surface area contributed by atoms with Gasteiger partial charge in [0.1, 0.15) is 0 Å². The van der Waals surface area contributed by atoms with E-state index in [1.54, 1.807) is 7.05 Å². The molecule has 7 heteroatoms. The predicted octanol–water partition coefficient (Wildman–Crippen LogP) is 0.244. The smallest absolute Gasteiger partial charge is 0.330 e. The Morgan fingerprint density at radius 3 is 2.43 bits per heavy atom. The molecule has 1 aliphatic carbocycles. The van der Waals surface area contributed by atoms with Crippen LogP contribution in [0.15, 0.2) is 15.7 Å². The zero-order chi connectivity index (χ0) is 15.6. The standard InChI is InChI=1S/C14H20N2O5/c1-15-10(7-12(17)16(2)14(15)20)8-21-11-5-3-9(4-6-11)13(18)19/h7,9,11H,3-6,8H2,1-2H3,(H,18,19). The predicted molar refractivity (Wildman–Crippen MR) is 75.1 cm³/mol. The molecule has 0 atom stereocenters. The molecule has 1 N–H and O–H groups in total. The van der Waals surface area contributed by atoms with Crippen molar-refractivity contribution >= 4 is 5.97 Å². The van der Waals surface area contributed by atoms with Gasteiger partial charge in [-0.2, -0.15) is 0 Å². The van der Waals surface area contributed by atoms with Gasteiger partial charge in [-0.05, 0) is 25.7 Å². The van der Waals surface area contributed by atoms with Crippen LogP contribution >= 0.6 is 0 Å². The third kappa shape index (κ3) is 3.41. The van der Waals surface area contributed by atoms with E-state index in [9.17, 15) is 14.4 Å². The molecule has 1 saturated carbocycles. The first-order valence-corrected chi connectivity index (χ1v) is 7.00. The molecule has 1 aromatic heterocycles. The van der Waals surface area contributed by atoms with Gasteiger partial charge in [-0.15, -0.1) is 0 Å². The van der Waals surface area contributed by atoms with E-state index in [1.165, 1.54) is 17.7 Å². The summed E-state index contributed by atoms with van der Waals surface area (Å²) in [7, 11) is 3.03. The molecule has 7 nitrogen and oxygen atoms in total. The third-order valence-electron chi connectivity index (χ3n) is 4.12. The number of carboxylic acids is 1. The summed E-state index contributed by atoms with van der Waals surface area (Å²) >= 11 is 0. The molecule has 0 spiro atoms.